The summed E-state index contributed by atoms with van der Waals surface area (Å²) in [5.74, 6) is -3.52. The van der Waals surface area contributed by atoms with Crippen molar-refractivity contribution in [3.63, 3.8) is 0 Å². The minimum absolute atomic E-state index is 0.00567. The number of hydrogen-bond acceptors (Lipinski definition) is 9. The van der Waals surface area contributed by atoms with Crippen LogP contribution in [-0.4, -0.2) is 93.4 Å². The Morgan fingerprint density at radius 3 is 2.09 bits per heavy atom. The fourth-order valence-corrected chi connectivity index (χ4v) is 8.20. The Bertz CT molecular complexity index is 2130. The van der Waals surface area contributed by atoms with Crippen molar-refractivity contribution in [3.8, 4) is 11.4 Å². The molecule has 0 amide bonds. The molecule has 4 rings (SSSR count). The molecule has 0 N–H and O–H groups in total. The normalized spacial score (nSPS) is 11.9. The molecule has 4 aromatic rings. The van der Waals surface area contributed by atoms with Gasteiger partial charge in [0.1, 0.15) is 23.4 Å². The Morgan fingerprint density at radius 2 is 1.57 bits per heavy atom. The zero-order valence-corrected chi connectivity index (χ0v) is 35.8. The third-order valence-corrected chi connectivity index (χ3v) is 12.0. The zero-order valence-electron chi connectivity index (χ0n) is 32.6. The van der Waals surface area contributed by atoms with Gasteiger partial charge in [0.15, 0.2) is 5.16 Å². The van der Waals surface area contributed by atoms with Crippen LogP contribution in [0.3, 0.4) is 0 Å². The number of aromatic nitrogens is 2. The Kier molecular flexibility index (Phi) is 18.4. The van der Waals surface area contributed by atoms with Crippen LogP contribution in [0, 0.1) is 11.6 Å². The second-order valence-electron chi connectivity index (χ2n) is 14.1. The number of thioether (sulfide) groups is 1. The first kappa shape index (κ1) is 50.1. The van der Waals surface area contributed by atoms with Gasteiger partial charge in [-0.25, -0.2) is 26.5 Å². The second kappa shape index (κ2) is 21.3. The standard InChI is InChI=1S/C35H43Cl2F2N4O3S2.C2HF3O2.CO2/c1-35(2,24-11-16-29(36)32(19-24)46-7)33-22-40-34(42(33)26-14-12-25(38)13-15-26)47-23-28-30(37)20-27(21-31(28)39)48(44,45)41(3)17-9-8-10-18-43(4,5)6;3-2(4,5)1(6)7;2-1-3/h11-16,19-22H,8-10,17-18,23H2,1-7H3;(H,6,7);/q+1;;/p-1. The van der Waals surface area contributed by atoms with Gasteiger partial charge in [0.05, 0.1) is 56.6 Å². The van der Waals surface area contributed by atoms with Gasteiger partial charge in [-0.1, -0.05) is 54.9 Å². The lowest BCUT2D eigenvalue weighted by Crippen LogP contribution is -2.37. The summed E-state index contributed by atoms with van der Waals surface area (Å²) in [5.41, 5.74) is 1.89. The topological polar surface area (TPSA) is 139 Å². The molecule has 0 unspecified atom stereocenters. The summed E-state index contributed by atoms with van der Waals surface area (Å²) in [6, 6.07) is 13.9. The van der Waals surface area contributed by atoms with Crippen molar-refractivity contribution >= 4 is 57.1 Å². The zero-order chi connectivity index (χ0) is 44.2. The number of imidazole rings is 1. The summed E-state index contributed by atoms with van der Waals surface area (Å²) in [7, 11) is 5.47. The Morgan fingerprint density at radius 1 is 0.983 bits per heavy atom. The van der Waals surface area contributed by atoms with Gasteiger partial charge in [-0.2, -0.15) is 22.8 Å². The smallest absolute Gasteiger partial charge is 0.430 e. The molecule has 0 fully saturated rings. The van der Waals surface area contributed by atoms with Gasteiger partial charge in [-0.15, -0.1) is 0 Å². The van der Waals surface area contributed by atoms with Gasteiger partial charge in [0.25, 0.3) is 0 Å². The maximum Gasteiger partial charge on any atom is 0.430 e. The van der Waals surface area contributed by atoms with Crippen LogP contribution in [-0.2, 0) is 35.6 Å². The number of unbranched alkanes of at least 4 members (excludes halogenated alkanes) is 2. The molecule has 0 aliphatic rings. The van der Waals surface area contributed by atoms with Crippen molar-refractivity contribution in [2.75, 3.05) is 48.4 Å². The third kappa shape index (κ3) is 14.1. The van der Waals surface area contributed by atoms with E-state index < -0.39 is 33.4 Å². The molecule has 0 aliphatic heterocycles. The Balaban J connectivity index is 0.00000103. The van der Waals surface area contributed by atoms with Crippen molar-refractivity contribution in [2.24, 2.45) is 0 Å². The van der Waals surface area contributed by atoms with Crippen LogP contribution in [0.5, 0.6) is 5.75 Å². The number of methoxy groups -OCH3 is 1. The van der Waals surface area contributed by atoms with Crippen LogP contribution in [0.4, 0.5) is 22.0 Å². The van der Waals surface area contributed by atoms with E-state index in [1.807, 2.05) is 30.5 Å². The SMILES string of the molecule is COc1cc(C(C)(C)c2cnc(SCc3c(F)cc(S(=O)(=O)N(C)CCCCC[N+](C)(C)C)cc3Cl)n2-c2ccc(F)cc2)ccc1Cl.O=C([O-])C(F)(F)F.O=C=O. The average Bonchev–Trinajstić information content (AvgIpc) is 3.56. The van der Waals surface area contributed by atoms with Crippen molar-refractivity contribution in [2.45, 2.75) is 60.5 Å². The van der Waals surface area contributed by atoms with E-state index >= 15 is 4.39 Å². The van der Waals surface area contributed by atoms with Crippen LogP contribution in [0.15, 0.2) is 70.8 Å². The van der Waals surface area contributed by atoms with E-state index in [0.717, 1.165) is 41.2 Å². The number of carbonyl (C=O) groups excluding carboxylic acids is 3. The molecular weight excluding hydrogens is 854 g/mol. The summed E-state index contributed by atoms with van der Waals surface area (Å²) in [6.07, 6.45) is -0.635. The molecule has 0 bridgehead atoms. The van der Waals surface area contributed by atoms with E-state index in [4.69, 9.17) is 47.4 Å². The summed E-state index contributed by atoms with van der Waals surface area (Å²) in [4.78, 5) is 29.5. The van der Waals surface area contributed by atoms with Crippen molar-refractivity contribution in [3.05, 3.63) is 99.3 Å². The number of rotatable bonds is 15. The van der Waals surface area contributed by atoms with Crippen molar-refractivity contribution < 1.29 is 59.1 Å². The highest BCUT2D eigenvalue weighted by Gasteiger charge is 2.31. The van der Waals surface area contributed by atoms with Gasteiger partial charge >= 0.3 is 12.3 Å². The van der Waals surface area contributed by atoms with Crippen LogP contribution in [0.2, 0.25) is 10.0 Å². The number of carbonyl (C=O) groups is 1. The number of carboxylic acids is 1. The number of halogens is 7. The summed E-state index contributed by atoms with van der Waals surface area (Å²) in [5, 5.41) is 9.79. The quantitative estimate of drug-likeness (QED) is 0.0521. The predicted octanol–water partition coefficient (Wildman–Crippen LogP) is 7.30. The van der Waals surface area contributed by atoms with Crippen LogP contribution >= 0.6 is 35.0 Å². The third-order valence-electron chi connectivity index (χ3n) is 8.53. The molecular formula is C38H43Cl2F5N4O7S2. The molecule has 20 heteroatoms. The van der Waals surface area contributed by atoms with E-state index in [1.165, 1.54) is 41.3 Å². The summed E-state index contributed by atoms with van der Waals surface area (Å²) >= 11 is 14.1. The van der Waals surface area contributed by atoms with Crippen molar-refractivity contribution in [1.29, 1.82) is 0 Å². The number of nitrogens with zero attached hydrogens (tertiary/aromatic N) is 4. The predicted molar refractivity (Wildman–Crippen MR) is 207 cm³/mol. The molecule has 58 heavy (non-hydrogen) atoms. The van der Waals surface area contributed by atoms with Crippen LogP contribution < -0.4 is 9.84 Å². The second-order valence-corrected chi connectivity index (χ2v) is 17.9. The molecule has 0 saturated carbocycles. The largest absolute Gasteiger partial charge is 0.542 e. The molecule has 1 heterocycles. The van der Waals surface area contributed by atoms with Gasteiger partial charge in [0, 0.05) is 41.0 Å². The summed E-state index contributed by atoms with van der Waals surface area (Å²) in [6.45, 7) is 5.37. The molecule has 0 atom stereocenters. The fraction of sp³-hybridized carbons (Fsp3) is 0.395. The molecule has 0 radical (unpaired) electrons. The molecule has 11 nitrogen and oxygen atoms in total. The van der Waals surface area contributed by atoms with E-state index in [0.29, 0.717) is 34.6 Å². The lowest BCUT2D eigenvalue weighted by atomic mass is 9.81. The number of quaternary nitrogens is 1. The number of sulfonamides is 1. The number of carboxylic acid groups (broad SMARTS) is 1. The minimum Gasteiger partial charge on any atom is -0.542 e. The van der Waals surface area contributed by atoms with Gasteiger partial charge in [-0.05, 0) is 73.4 Å². The maximum atomic E-state index is 15.6. The highest BCUT2D eigenvalue weighted by molar-refractivity contribution is 7.98. The Hall–Kier alpha value is -4.03. The van der Waals surface area contributed by atoms with Gasteiger partial charge in [0.2, 0.25) is 10.0 Å². The molecule has 0 spiro atoms. The molecule has 0 aliphatic carbocycles. The van der Waals surface area contributed by atoms with Gasteiger partial charge in [-0.3, -0.25) is 4.57 Å². The molecule has 3 aromatic carbocycles. The first-order valence-electron chi connectivity index (χ1n) is 17.1. The van der Waals surface area contributed by atoms with E-state index in [9.17, 15) is 26.0 Å². The number of ether oxygens (including phenoxy) is 1. The van der Waals surface area contributed by atoms with E-state index in [-0.39, 0.29) is 33.2 Å². The lowest BCUT2D eigenvalue weighted by Gasteiger charge is -2.28. The van der Waals surface area contributed by atoms with E-state index in [1.54, 1.807) is 31.5 Å². The molecule has 1 aromatic heterocycles. The van der Waals surface area contributed by atoms with Crippen LogP contribution in [0.25, 0.3) is 5.69 Å². The Labute approximate surface area is 348 Å². The van der Waals surface area contributed by atoms with Crippen LogP contribution in [0.1, 0.15) is 49.9 Å². The first-order valence-corrected chi connectivity index (χ1v) is 20.3. The monoisotopic (exact) mass is 896 g/mol. The number of benzene rings is 3. The number of alkyl halides is 3. The van der Waals surface area contributed by atoms with Gasteiger partial charge < -0.3 is 19.1 Å². The number of aliphatic carboxylic acids is 1. The molecule has 0 saturated heterocycles. The molecule has 318 valence electrons. The van der Waals surface area contributed by atoms with Crippen molar-refractivity contribution in [1.82, 2.24) is 13.9 Å². The highest BCUT2D eigenvalue weighted by atomic mass is 35.5. The maximum absolute atomic E-state index is 15.6. The first-order chi connectivity index (χ1) is 26.8. The lowest BCUT2D eigenvalue weighted by molar-refractivity contribution is -0.870. The average molecular weight is 898 g/mol. The number of hydrogen-bond donors (Lipinski definition) is 0. The minimum atomic E-state index is -5.19. The highest BCUT2D eigenvalue weighted by Crippen LogP contribution is 2.40. The van der Waals surface area contributed by atoms with E-state index in [2.05, 4.69) is 26.1 Å². The fourth-order valence-electron chi connectivity index (χ4n) is 5.31. The summed E-state index contributed by atoms with van der Waals surface area (Å²) < 4.78 is 97.1.